The molecule has 0 unspecified atom stereocenters. The quantitative estimate of drug-likeness (QED) is 0.152. The van der Waals surface area contributed by atoms with Gasteiger partial charge in [-0.25, -0.2) is 0 Å². The highest BCUT2D eigenvalue weighted by molar-refractivity contribution is 7.00. The van der Waals surface area contributed by atoms with Crippen LogP contribution in [0.2, 0.25) is 0 Å². The van der Waals surface area contributed by atoms with E-state index in [2.05, 4.69) is 216 Å². The third-order valence-electron chi connectivity index (χ3n) is 25.7. The fourth-order valence-corrected chi connectivity index (χ4v) is 20.4. The molecule has 2 nitrogen and oxygen atoms in total. The zero-order chi connectivity index (χ0) is 59.1. The van der Waals surface area contributed by atoms with Crippen LogP contribution >= 0.6 is 0 Å². The molecule has 3 aliphatic heterocycles. The van der Waals surface area contributed by atoms with E-state index in [1.165, 1.54) is 224 Å². The first-order valence-electron chi connectivity index (χ1n) is 34.7. The maximum atomic E-state index is 2.93. The summed E-state index contributed by atoms with van der Waals surface area (Å²) in [6.07, 6.45) is 20.2. The zero-order valence-corrected chi connectivity index (χ0v) is 53.5. The van der Waals surface area contributed by atoms with Gasteiger partial charge in [-0.05, 0) is 279 Å². The lowest BCUT2D eigenvalue weighted by molar-refractivity contribution is 0.224. The molecule has 9 aromatic carbocycles. The normalized spacial score (nSPS) is 21.2. The van der Waals surface area contributed by atoms with Gasteiger partial charge in [0.15, 0.2) is 0 Å². The summed E-state index contributed by atoms with van der Waals surface area (Å²) in [6.45, 7) is 20.2. The summed E-state index contributed by atoms with van der Waals surface area (Å²) >= 11 is 0. The predicted octanol–water partition coefficient (Wildman–Crippen LogP) is 21.3. The number of rotatable bonds is 5. The molecule has 3 heteroatoms. The molecule has 2 aromatic heterocycles. The Labute approximate surface area is 522 Å². The molecule has 5 aliphatic carbocycles. The number of hydrogen-bond acceptors (Lipinski definition) is 0. The molecule has 5 heterocycles. The van der Waals surface area contributed by atoms with Crippen LogP contribution in [0.4, 0.5) is 0 Å². The third kappa shape index (κ3) is 7.31. The second-order valence-electron chi connectivity index (χ2n) is 33.1. The van der Waals surface area contributed by atoms with Crippen molar-refractivity contribution in [1.29, 1.82) is 0 Å². The van der Waals surface area contributed by atoms with Crippen LogP contribution in [0.1, 0.15) is 226 Å². The van der Waals surface area contributed by atoms with Crippen LogP contribution in [0.5, 0.6) is 0 Å². The SMILES string of the molecule is CC1(C)CCC(c2ccc3c(c2)c2cc(C4CCC(C)(C)CC4)cc4c2n3-c2c(-c3ccc5ccccc5c3)cc3c5c2B4c2cc(C4CCC(C)(C)CC4)cc4c6cc(C7CCC(C)(C)CC7)cc(c6n-5c24)C32c3ccccc3-c3ccccc32)CC1. The first-order chi connectivity index (χ1) is 42.5. The van der Waals surface area contributed by atoms with E-state index in [4.69, 9.17) is 0 Å². The first-order valence-corrected chi connectivity index (χ1v) is 34.7. The van der Waals surface area contributed by atoms with Crippen molar-refractivity contribution >= 4 is 77.5 Å². The Kier molecular flexibility index (Phi) is 10.8. The van der Waals surface area contributed by atoms with Gasteiger partial charge in [-0.3, -0.25) is 0 Å². The van der Waals surface area contributed by atoms with Gasteiger partial charge in [-0.2, -0.15) is 0 Å². The van der Waals surface area contributed by atoms with Crippen LogP contribution in [0.15, 0.2) is 152 Å². The molecule has 19 rings (SSSR count). The monoisotopic (exact) mass is 1140 g/mol. The van der Waals surface area contributed by atoms with Gasteiger partial charge in [0.25, 0.3) is 6.71 Å². The number of aromatic nitrogens is 2. The van der Waals surface area contributed by atoms with Crippen LogP contribution in [0.25, 0.3) is 88.0 Å². The summed E-state index contributed by atoms with van der Waals surface area (Å²) in [5.74, 6) is 2.15. The highest BCUT2D eigenvalue weighted by atomic mass is 15.1. The predicted molar refractivity (Wildman–Crippen MR) is 374 cm³/mol. The smallest absolute Gasteiger partial charge is 0.252 e. The molecule has 0 radical (unpaired) electrons. The molecular weight excluding hydrogens is 1060 g/mol. The summed E-state index contributed by atoms with van der Waals surface area (Å²) in [6, 6.07) is 63.4. The Morgan fingerprint density at radius 3 is 1.35 bits per heavy atom. The molecule has 11 aromatic rings. The van der Waals surface area contributed by atoms with Crippen LogP contribution in [-0.2, 0) is 5.41 Å². The van der Waals surface area contributed by atoms with Crippen LogP contribution in [0.3, 0.4) is 0 Å². The van der Waals surface area contributed by atoms with Crippen molar-refractivity contribution in [2.24, 2.45) is 21.7 Å². The zero-order valence-electron chi connectivity index (χ0n) is 53.5. The van der Waals surface area contributed by atoms with Gasteiger partial charge < -0.3 is 9.13 Å². The van der Waals surface area contributed by atoms with Gasteiger partial charge in [-0.15, -0.1) is 0 Å². The molecular formula is C85H85BN2. The number of fused-ring (bicyclic) bond motifs is 15. The van der Waals surface area contributed by atoms with E-state index in [0.717, 1.165) is 0 Å². The Morgan fingerprint density at radius 2 is 0.795 bits per heavy atom. The Morgan fingerprint density at radius 1 is 0.341 bits per heavy atom. The first kappa shape index (κ1) is 52.8. The fourth-order valence-electron chi connectivity index (χ4n) is 20.4. The highest BCUT2D eigenvalue weighted by Gasteiger charge is 2.56. The number of hydrogen-bond donors (Lipinski definition) is 0. The van der Waals surface area contributed by atoms with Gasteiger partial charge in [0.05, 0.1) is 22.1 Å². The second kappa shape index (κ2) is 18.1. The third-order valence-corrected chi connectivity index (χ3v) is 25.7. The summed E-state index contributed by atoms with van der Waals surface area (Å²) in [5, 5.41) is 8.50. The van der Waals surface area contributed by atoms with Crippen molar-refractivity contribution in [3.63, 3.8) is 0 Å². The van der Waals surface area contributed by atoms with Crippen LogP contribution in [0, 0.1) is 21.7 Å². The van der Waals surface area contributed by atoms with E-state index in [9.17, 15) is 0 Å². The Balaban J connectivity index is 1.01. The van der Waals surface area contributed by atoms with E-state index in [0.29, 0.717) is 45.3 Å². The summed E-state index contributed by atoms with van der Waals surface area (Å²) < 4.78 is 5.81. The Hall–Kier alpha value is -7.10. The molecule has 0 saturated heterocycles. The second-order valence-corrected chi connectivity index (χ2v) is 33.1. The van der Waals surface area contributed by atoms with Crippen molar-refractivity contribution in [2.45, 2.75) is 187 Å². The number of benzene rings is 9. The maximum Gasteiger partial charge on any atom is 0.252 e. The molecule has 4 fully saturated rings. The largest absolute Gasteiger partial charge is 0.310 e. The van der Waals surface area contributed by atoms with Gasteiger partial charge in [-0.1, -0.05) is 165 Å². The molecule has 8 aliphatic rings. The van der Waals surface area contributed by atoms with Crippen molar-refractivity contribution in [2.75, 3.05) is 0 Å². The van der Waals surface area contributed by atoms with Gasteiger partial charge in [0, 0.05) is 43.8 Å². The highest BCUT2D eigenvalue weighted by Crippen LogP contribution is 2.64. The molecule has 1 spiro atoms. The molecule has 0 atom stereocenters. The lowest BCUT2D eigenvalue weighted by atomic mass is 9.33. The molecule has 0 bridgehead atoms. The molecule has 0 N–H and O–H groups in total. The fraction of sp³-hybridized carbons (Fsp3) is 0.388. The van der Waals surface area contributed by atoms with E-state index >= 15 is 0 Å². The van der Waals surface area contributed by atoms with Gasteiger partial charge in [0.2, 0.25) is 0 Å². The maximum absolute atomic E-state index is 2.93. The minimum Gasteiger partial charge on any atom is -0.310 e. The standard InChI is InChI=1S/C85H85BN2/c1-81(2)33-25-51(26-34-81)56-23-24-74-64(42-56)65-44-59(53-29-37-83(5,6)38-30-53)47-72-77(65)87(74)79-63(57-22-21-50-15-9-10-16-55(50)41-57)49-71-80-75(79)86(72)73-48-60(54-31-39-84(7,8)40-32-54)45-67-66-43-58(52-27-35-82(3,4)36-28-52)46-70(76(66)88(80)78(67)73)85(71)68-19-13-11-17-61(68)62-18-12-14-20-69(62)85/h9-24,41-49,51-54H,25-40H2,1-8H3. The van der Waals surface area contributed by atoms with Gasteiger partial charge >= 0.3 is 0 Å². The lowest BCUT2D eigenvalue weighted by Gasteiger charge is -2.45. The van der Waals surface area contributed by atoms with E-state index < -0.39 is 5.41 Å². The van der Waals surface area contributed by atoms with Crippen molar-refractivity contribution in [1.82, 2.24) is 9.13 Å². The van der Waals surface area contributed by atoms with Crippen LogP contribution < -0.4 is 16.4 Å². The molecule has 438 valence electrons. The van der Waals surface area contributed by atoms with E-state index in [1.807, 2.05) is 0 Å². The van der Waals surface area contributed by atoms with E-state index in [-0.39, 0.29) is 6.71 Å². The van der Waals surface area contributed by atoms with Crippen molar-refractivity contribution in [3.05, 3.63) is 196 Å². The van der Waals surface area contributed by atoms with Crippen molar-refractivity contribution < 1.29 is 0 Å². The minimum atomic E-state index is -0.579. The van der Waals surface area contributed by atoms with Crippen LogP contribution in [-0.4, -0.2) is 15.8 Å². The molecule has 0 amide bonds. The summed E-state index contributed by atoms with van der Waals surface area (Å²) in [5.41, 5.74) is 31.7. The average Bonchev–Trinajstić information content (AvgIpc) is 1.38. The summed E-state index contributed by atoms with van der Waals surface area (Å²) in [7, 11) is 0. The number of nitrogens with zero attached hydrogens (tertiary/aromatic N) is 2. The Bertz CT molecular complexity index is 4790. The molecule has 88 heavy (non-hydrogen) atoms. The summed E-state index contributed by atoms with van der Waals surface area (Å²) in [4.78, 5) is 0. The van der Waals surface area contributed by atoms with Gasteiger partial charge in [0.1, 0.15) is 0 Å². The van der Waals surface area contributed by atoms with E-state index in [1.54, 1.807) is 27.7 Å². The van der Waals surface area contributed by atoms with Crippen molar-refractivity contribution in [3.8, 4) is 33.6 Å². The lowest BCUT2D eigenvalue weighted by Crippen LogP contribution is -2.61. The minimum absolute atomic E-state index is 0.0216. The average molecular weight is 1150 g/mol. The molecule has 4 saturated carbocycles. The topological polar surface area (TPSA) is 9.86 Å².